The summed E-state index contributed by atoms with van der Waals surface area (Å²) in [5.74, 6) is 0. The number of aldehydes is 1. The number of aromatic nitrogens is 2. The van der Waals surface area contributed by atoms with Gasteiger partial charge < -0.3 is 0 Å². The van der Waals surface area contributed by atoms with Gasteiger partial charge in [-0.3, -0.25) is 4.79 Å². The molecule has 86 valence electrons. The Morgan fingerprint density at radius 3 is 2.24 bits per heavy atom. The fourth-order valence-electron chi connectivity index (χ4n) is 1.40. The number of carbonyl (C=O) groups excluding carboxylic acids is 1. The molecule has 0 unspecified atom stereocenters. The molecule has 0 saturated carbocycles. The third kappa shape index (κ3) is 2.57. The average Bonchev–Trinajstić information content (AvgIpc) is 2.27. The van der Waals surface area contributed by atoms with Crippen LogP contribution in [0.15, 0.2) is 24.5 Å². The minimum Gasteiger partial charge on any atom is -0.298 e. The van der Waals surface area contributed by atoms with Crippen molar-refractivity contribution in [1.29, 1.82) is 0 Å². The summed E-state index contributed by atoms with van der Waals surface area (Å²) in [6.45, 7) is 0. The Labute approximate surface area is 112 Å². The van der Waals surface area contributed by atoms with Gasteiger partial charge in [0.2, 0.25) is 0 Å². The Hall–Kier alpha value is -1.16. The van der Waals surface area contributed by atoms with E-state index in [1.165, 1.54) is 6.33 Å². The smallest absolute Gasteiger partial charge is 0.155 e. The fraction of sp³-hybridized carbons (Fsp3) is 0. The Morgan fingerprint density at radius 2 is 1.65 bits per heavy atom. The van der Waals surface area contributed by atoms with E-state index in [1.807, 2.05) is 0 Å². The number of rotatable bonds is 2. The van der Waals surface area contributed by atoms with Crippen LogP contribution in [-0.4, -0.2) is 16.3 Å². The molecular weight excluding hydrogens is 282 g/mol. The highest BCUT2D eigenvalue weighted by Crippen LogP contribution is 2.29. The van der Waals surface area contributed by atoms with Crippen LogP contribution in [0.5, 0.6) is 0 Å². The minimum absolute atomic E-state index is 0.0982. The SMILES string of the molecule is O=Cc1c(Cl)ncnc1-c1cc(Cl)cc(Cl)c1. The number of carbonyl (C=O) groups is 1. The molecule has 0 aliphatic carbocycles. The molecular formula is C11H5Cl3N2O. The minimum atomic E-state index is 0.0982. The molecule has 1 aromatic heterocycles. The van der Waals surface area contributed by atoms with Gasteiger partial charge in [0.25, 0.3) is 0 Å². The first-order valence-corrected chi connectivity index (χ1v) is 5.67. The fourth-order valence-corrected chi connectivity index (χ4v) is 2.10. The molecule has 1 heterocycles. The van der Waals surface area contributed by atoms with Crippen LogP contribution >= 0.6 is 34.8 Å². The maximum Gasteiger partial charge on any atom is 0.155 e. The van der Waals surface area contributed by atoms with Crippen LogP contribution in [0, 0.1) is 0 Å². The van der Waals surface area contributed by atoms with Gasteiger partial charge in [-0.1, -0.05) is 34.8 Å². The Bertz CT molecular complexity index is 567. The van der Waals surface area contributed by atoms with E-state index < -0.39 is 0 Å². The number of hydrogen-bond donors (Lipinski definition) is 0. The Morgan fingerprint density at radius 1 is 1.00 bits per heavy atom. The van der Waals surface area contributed by atoms with Crippen molar-refractivity contribution in [2.24, 2.45) is 0 Å². The van der Waals surface area contributed by atoms with E-state index in [2.05, 4.69) is 9.97 Å². The second kappa shape index (κ2) is 5.00. The van der Waals surface area contributed by atoms with Crippen LogP contribution in [-0.2, 0) is 0 Å². The van der Waals surface area contributed by atoms with Gasteiger partial charge in [-0.2, -0.15) is 0 Å². The first kappa shape index (κ1) is 12.3. The van der Waals surface area contributed by atoms with Crippen LogP contribution in [0.3, 0.4) is 0 Å². The standard InChI is InChI=1S/C11H5Cl3N2O/c12-7-1-6(2-8(13)3-7)10-9(4-17)11(14)16-5-15-10/h1-5H. The van der Waals surface area contributed by atoms with Crippen molar-refractivity contribution >= 4 is 41.1 Å². The van der Waals surface area contributed by atoms with Gasteiger partial charge >= 0.3 is 0 Å². The predicted molar refractivity (Wildman–Crippen MR) is 67.9 cm³/mol. The average molecular weight is 288 g/mol. The van der Waals surface area contributed by atoms with E-state index in [-0.39, 0.29) is 10.7 Å². The number of nitrogens with zero attached hydrogens (tertiary/aromatic N) is 2. The zero-order chi connectivity index (χ0) is 12.4. The van der Waals surface area contributed by atoms with E-state index in [4.69, 9.17) is 34.8 Å². The van der Waals surface area contributed by atoms with Crippen LogP contribution in [0.25, 0.3) is 11.3 Å². The summed E-state index contributed by atoms with van der Waals surface area (Å²) in [5, 5.41) is 1.01. The van der Waals surface area contributed by atoms with Gasteiger partial charge in [0.15, 0.2) is 6.29 Å². The molecule has 0 aliphatic heterocycles. The van der Waals surface area contributed by atoms with Crippen molar-refractivity contribution in [2.75, 3.05) is 0 Å². The molecule has 0 bridgehead atoms. The summed E-state index contributed by atoms with van der Waals surface area (Å²) in [6.07, 6.45) is 1.88. The third-order valence-corrected chi connectivity index (χ3v) is 2.83. The Kier molecular flexibility index (Phi) is 3.62. The summed E-state index contributed by atoms with van der Waals surface area (Å²) in [7, 11) is 0. The van der Waals surface area contributed by atoms with Crippen molar-refractivity contribution in [3.63, 3.8) is 0 Å². The van der Waals surface area contributed by atoms with E-state index in [0.29, 0.717) is 27.6 Å². The largest absolute Gasteiger partial charge is 0.298 e. The molecule has 0 atom stereocenters. The molecule has 17 heavy (non-hydrogen) atoms. The highest BCUT2D eigenvalue weighted by atomic mass is 35.5. The monoisotopic (exact) mass is 286 g/mol. The maximum absolute atomic E-state index is 11.0. The predicted octanol–water partition coefficient (Wildman–Crippen LogP) is 3.92. The van der Waals surface area contributed by atoms with Gasteiger partial charge in [0, 0.05) is 15.6 Å². The summed E-state index contributed by atoms with van der Waals surface area (Å²) >= 11 is 17.6. The van der Waals surface area contributed by atoms with E-state index in [9.17, 15) is 4.79 Å². The van der Waals surface area contributed by atoms with Crippen molar-refractivity contribution in [3.05, 3.63) is 45.3 Å². The van der Waals surface area contributed by atoms with E-state index in [0.717, 1.165) is 0 Å². The molecule has 0 amide bonds. The van der Waals surface area contributed by atoms with E-state index in [1.54, 1.807) is 18.2 Å². The lowest BCUT2D eigenvalue weighted by Gasteiger charge is -2.05. The van der Waals surface area contributed by atoms with Crippen molar-refractivity contribution in [2.45, 2.75) is 0 Å². The lowest BCUT2D eigenvalue weighted by Crippen LogP contribution is -1.95. The van der Waals surface area contributed by atoms with Crippen LogP contribution in [0.2, 0.25) is 15.2 Å². The normalized spacial score (nSPS) is 10.3. The first-order chi connectivity index (χ1) is 8.11. The quantitative estimate of drug-likeness (QED) is 0.621. The van der Waals surface area contributed by atoms with Gasteiger partial charge in [-0.15, -0.1) is 0 Å². The van der Waals surface area contributed by atoms with E-state index >= 15 is 0 Å². The molecule has 0 radical (unpaired) electrons. The van der Waals surface area contributed by atoms with Crippen LogP contribution in [0.4, 0.5) is 0 Å². The molecule has 0 saturated heterocycles. The molecule has 0 aliphatic rings. The zero-order valence-corrected chi connectivity index (χ0v) is 10.6. The second-order valence-electron chi connectivity index (χ2n) is 3.20. The highest BCUT2D eigenvalue weighted by Gasteiger charge is 2.12. The van der Waals surface area contributed by atoms with Gasteiger partial charge in [-0.25, -0.2) is 9.97 Å². The molecule has 1 aromatic carbocycles. The van der Waals surface area contributed by atoms with Crippen molar-refractivity contribution in [1.82, 2.24) is 9.97 Å². The summed E-state index contributed by atoms with van der Waals surface area (Å²) < 4.78 is 0. The molecule has 0 N–H and O–H groups in total. The lowest BCUT2D eigenvalue weighted by molar-refractivity contribution is 0.112. The molecule has 0 spiro atoms. The molecule has 3 nitrogen and oxygen atoms in total. The lowest BCUT2D eigenvalue weighted by atomic mass is 10.1. The van der Waals surface area contributed by atoms with Crippen LogP contribution in [0.1, 0.15) is 10.4 Å². The molecule has 6 heteroatoms. The second-order valence-corrected chi connectivity index (χ2v) is 4.43. The summed E-state index contributed by atoms with van der Waals surface area (Å²) in [4.78, 5) is 18.7. The topological polar surface area (TPSA) is 42.9 Å². The maximum atomic E-state index is 11.0. The summed E-state index contributed by atoms with van der Waals surface area (Å²) in [5.41, 5.74) is 1.24. The summed E-state index contributed by atoms with van der Waals surface area (Å²) in [6, 6.07) is 4.90. The zero-order valence-electron chi connectivity index (χ0n) is 8.32. The number of halogens is 3. The van der Waals surface area contributed by atoms with Gasteiger partial charge in [0.05, 0.1) is 11.3 Å². The molecule has 2 rings (SSSR count). The molecule has 2 aromatic rings. The van der Waals surface area contributed by atoms with Crippen molar-refractivity contribution < 1.29 is 4.79 Å². The Balaban J connectivity index is 2.67. The van der Waals surface area contributed by atoms with Crippen molar-refractivity contribution in [3.8, 4) is 11.3 Å². The van der Waals surface area contributed by atoms with Crippen LogP contribution < -0.4 is 0 Å². The molecule has 0 fully saturated rings. The van der Waals surface area contributed by atoms with Gasteiger partial charge in [0.1, 0.15) is 11.5 Å². The first-order valence-electron chi connectivity index (χ1n) is 4.54. The third-order valence-electron chi connectivity index (χ3n) is 2.09. The number of benzene rings is 1. The van der Waals surface area contributed by atoms with Gasteiger partial charge in [-0.05, 0) is 18.2 Å². The highest BCUT2D eigenvalue weighted by molar-refractivity contribution is 6.35. The number of hydrogen-bond acceptors (Lipinski definition) is 3.